The third-order valence-electron chi connectivity index (χ3n) is 5.10. The highest BCUT2D eigenvalue weighted by Gasteiger charge is 2.48. The number of carbonyl (C=O) groups excluding carboxylic acids is 1. The molecule has 2 aliphatic heterocycles. The van der Waals surface area contributed by atoms with Crippen LogP contribution in [-0.2, 0) is 0 Å². The summed E-state index contributed by atoms with van der Waals surface area (Å²) in [4.78, 5) is 17.1. The molecule has 1 atom stereocenters. The molecule has 2 fully saturated rings. The van der Waals surface area contributed by atoms with Crippen molar-refractivity contribution in [1.29, 1.82) is 0 Å². The van der Waals surface area contributed by atoms with Crippen molar-refractivity contribution in [3.05, 3.63) is 34.6 Å². The van der Waals surface area contributed by atoms with Crippen molar-refractivity contribution in [2.75, 3.05) is 26.2 Å². The molecule has 0 aromatic heterocycles. The monoisotopic (exact) mass is 338 g/mol. The molecule has 0 radical (unpaired) electrons. The van der Waals surface area contributed by atoms with Crippen molar-refractivity contribution in [1.82, 2.24) is 9.80 Å². The van der Waals surface area contributed by atoms with E-state index in [2.05, 4.69) is 18.7 Å². The maximum Gasteiger partial charge on any atom is 0.256 e. The molecule has 23 heavy (non-hydrogen) atoms. The quantitative estimate of drug-likeness (QED) is 0.836. The Morgan fingerprint density at radius 3 is 2.78 bits per heavy atom. The fourth-order valence-corrected chi connectivity index (χ4v) is 4.06. The Kier molecular flexibility index (Phi) is 4.65. The minimum absolute atomic E-state index is 0.0873. The van der Waals surface area contributed by atoms with E-state index in [1.165, 1.54) is 18.2 Å². The molecule has 0 aliphatic carbocycles. The lowest BCUT2D eigenvalue weighted by atomic mass is 9.77. The zero-order valence-electron chi connectivity index (χ0n) is 13.8. The summed E-state index contributed by atoms with van der Waals surface area (Å²) in [5, 5.41) is 0.395. The Bertz CT molecular complexity index is 607. The van der Waals surface area contributed by atoms with Crippen LogP contribution in [0.2, 0.25) is 5.02 Å². The molecule has 3 rings (SSSR count). The third-order valence-corrected chi connectivity index (χ3v) is 5.34. The normalized spacial score (nSPS) is 25.0. The molecule has 0 unspecified atom stereocenters. The molecule has 1 aromatic carbocycles. The summed E-state index contributed by atoms with van der Waals surface area (Å²) in [6, 6.07) is 4.18. The molecule has 1 spiro atoms. The van der Waals surface area contributed by atoms with E-state index in [1.807, 2.05) is 4.90 Å². The molecule has 0 saturated carbocycles. The first kappa shape index (κ1) is 16.7. The van der Waals surface area contributed by atoms with Gasteiger partial charge >= 0.3 is 0 Å². The number of rotatable bonds is 3. The van der Waals surface area contributed by atoms with E-state index in [0.29, 0.717) is 24.0 Å². The zero-order valence-corrected chi connectivity index (χ0v) is 14.6. The summed E-state index contributed by atoms with van der Waals surface area (Å²) in [6.45, 7) is 8.00. The van der Waals surface area contributed by atoms with Gasteiger partial charge in [-0.2, -0.15) is 0 Å². The van der Waals surface area contributed by atoms with E-state index in [9.17, 15) is 9.18 Å². The van der Waals surface area contributed by atoms with Gasteiger partial charge in [-0.25, -0.2) is 4.39 Å². The van der Waals surface area contributed by atoms with Gasteiger partial charge < -0.3 is 4.90 Å². The highest BCUT2D eigenvalue weighted by atomic mass is 35.5. The standard InChI is InChI=1S/C18H24ClFN2O/c1-13(2)11-22-9-7-18(22)6-3-8-21(12-18)17(23)15-10-14(19)4-5-16(15)20/h4-5,10,13H,3,6-9,11-12H2,1-2H3/t18-/m1/s1. The highest BCUT2D eigenvalue weighted by molar-refractivity contribution is 6.31. The molecule has 2 heterocycles. The first-order valence-corrected chi connectivity index (χ1v) is 8.78. The Labute approximate surface area is 142 Å². The maximum absolute atomic E-state index is 14.0. The zero-order chi connectivity index (χ0) is 16.6. The van der Waals surface area contributed by atoms with Crippen LogP contribution in [0.3, 0.4) is 0 Å². The van der Waals surface area contributed by atoms with Crippen LogP contribution in [0.15, 0.2) is 18.2 Å². The number of carbonyl (C=O) groups is 1. The predicted molar refractivity (Wildman–Crippen MR) is 90.3 cm³/mol. The van der Waals surface area contributed by atoms with E-state index in [0.717, 1.165) is 32.4 Å². The van der Waals surface area contributed by atoms with Gasteiger partial charge in [0.2, 0.25) is 0 Å². The van der Waals surface area contributed by atoms with Crippen molar-refractivity contribution in [2.45, 2.75) is 38.6 Å². The number of halogens is 2. The van der Waals surface area contributed by atoms with Crippen molar-refractivity contribution in [3.63, 3.8) is 0 Å². The van der Waals surface area contributed by atoms with Gasteiger partial charge in [-0.15, -0.1) is 0 Å². The fourth-order valence-electron chi connectivity index (χ4n) is 3.89. The number of hydrogen-bond acceptors (Lipinski definition) is 2. The van der Waals surface area contributed by atoms with Crippen LogP contribution in [0, 0.1) is 11.7 Å². The lowest BCUT2D eigenvalue weighted by Crippen LogP contribution is -2.68. The minimum Gasteiger partial charge on any atom is -0.337 e. The van der Waals surface area contributed by atoms with Crippen molar-refractivity contribution < 1.29 is 9.18 Å². The molecular weight excluding hydrogens is 315 g/mol. The van der Waals surface area contributed by atoms with Crippen molar-refractivity contribution >= 4 is 17.5 Å². The molecule has 126 valence electrons. The third kappa shape index (κ3) is 3.24. The second-order valence-corrected chi connectivity index (χ2v) is 7.71. The van der Waals surface area contributed by atoms with Gasteiger partial charge in [-0.3, -0.25) is 9.69 Å². The minimum atomic E-state index is -0.494. The molecular formula is C18H24ClFN2O. The van der Waals surface area contributed by atoms with E-state index in [1.54, 1.807) is 0 Å². The molecule has 2 saturated heterocycles. The van der Waals surface area contributed by atoms with Gasteiger partial charge in [0.15, 0.2) is 0 Å². The SMILES string of the molecule is CC(C)CN1CC[C@@]12CCCN(C(=O)c1cc(Cl)ccc1F)C2. The van der Waals surface area contributed by atoms with Crippen molar-refractivity contribution in [2.24, 2.45) is 5.92 Å². The Morgan fingerprint density at radius 2 is 2.13 bits per heavy atom. The number of benzene rings is 1. The summed E-state index contributed by atoms with van der Waals surface area (Å²) in [5.41, 5.74) is 0.192. The van der Waals surface area contributed by atoms with Gasteiger partial charge in [-0.05, 0) is 43.4 Å². The molecule has 1 amide bonds. The number of amides is 1. The average molecular weight is 339 g/mol. The Hall–Kier alpha value is -1.13. The van der Waals surface area contributed by atoms with E-state index < -0.39 is 5.82 Å². The molecule has 2 aliphatic rings. The van der Waals surface area contributed by atoms with Crippen LogP contribution in [0.5, 0.6) is 0 Å². The topological polar surface area (TPSA) is 23.6 Å². The molecule has 3 nitrogen and oxygen atoms in total. The van der Waals surface area contributed by atoms with Crippen LogP contribution in [0.4, 0.5) is 4.39 Å². The van der Waals surface area contributed by atoms with E-state index in [-0.39, 0.29) is 17.0 Å². The summed E-state index contributed by atoms with van der Waals surface area (Å²) in [5.74, 6) is -0.115. The summed E-state index contributed by atoms with van der Waals surface area (Å²) < 4.78 is 14.0. The first-order valence-electron chi connectivity index (χ1n) is 8.41. The Balaban J connectivity index is 1.76. The molecule has 1 aromatic rings. The predicted octanol–water partition coefficient (Wildman–Crippen LogP) is 3.82. The summed E-state index contributed by atoms with van der Waals surface area (Å²) >= 11 is 5.93. The van der Waals surface area contributed by atoms with Gasteiger partial charge in [0.1, 0.15) is 5.82 Å². The van der Waals surface area contributed by atoms with Crippen LogP contribution in [0.1, 0.15) is 43.5 Å². The number of likely N-dealkylation sites (tertiary alicyclic amines) is 2. The molecule has 0 N–H and O–H groups in total. The smallest absolute Gasteiger partial charge is 0.256 e. The number of nitrogens with zero attached hydrogens (tertiary/aromatic N) is 2. The average Bonchev–Trinajstić information content (AvgIpc) is 2.53. The van der Waals surface area contributed by atoms with Crippen LogP contribution in [0.25, 0.3) is 0 Å². The lowest BCUT2D eigenvalue weighted by Gasteiger charge is -2.57. The van der Waals surface area contributed by atoms with Gasteiger partial charge in [0.05, 0.1) is 5.56 Å². The van der Waals surface area contributed by atoms with Crippen molar-refractivity contribution in [3.8, 4) is 0 Å². The highest BCUT2D eigenvalue weighted by Crippen LogP contribution is 2.39. The van der Waals surface area contributed by atoms with Crippen LogP contribution < -0.4 is 0 Å². The largest absolute Gasteiger partial charge is 0.337 e. The van der Waals surface area contributed by atoms with Gasteiger partial charge in [0.25, 0.3) is 5.91 Å². The molecule has 5 heteroatoms. The maximum atomic E-state index is 14.0. The summed E-state index contributed by atoms with van der Waals surface area (Å²) in [7, 11) is 0. The second-order valence-electron chi connectivity index (χ2n) is 7.27. The number of hydrogen-bond donors (Lipinski definition) is 0. The van der Waals surface area contributed by atoms with Crippen LogP contribution in [-0.4, -0.2) is 47.4 Å². The summed E-state index contributed by atoms with van der Waals surface area (Å²) in [6.07, 6.45) is 3.23. The lowest BCUT2D eigenvalue weighted by molar-refractivity contribution is -0.0648. The van der Waals surface area contributed by atoms with Crippen LogP contribution >= 0.6 is 11.6 Å². The van der Waals surface area contributed by atoms with Gasteiger partial charge in [-0.1, -0.05) is 25.4 Å². The fraction of sp³-hybridized carbons (Fsp3) is 0.611. The first-order chi connectivity index (χ1) is 10.9. The Morgan fingerprint density at radius 1 is 1.35 bits per heavy atom. The van der Waals surface area contributed by atoms with E-state index in [4.69, 9.17) is 11.6 Å². The van der Waals surface area contributed by atoms with Gasteiger partial charge in [0, 0.05) is 36.7 Å². The number of piperidine rings is 1. The molecule has 0 bridgehead atoms. The van der Waals surface area contributed by atoms with E-state index >= 15 is 0 Å². The second kappa shape index (κ2) is 6.40.